The predicted molar refractivity (Wildman–Crippen MR) is 124 cm³/mol. The zero-order chi connectivity index (χ0) is 20.9. The third kappa shape index (κ3) is 2.88. The second-order valence-electron chi connectivity index (χ2n) is 7.56. The Morgan fingerprint density at radius 2 is 2.06 bits per heavy atom. The van der Waals surface area contributed by atoms with Crippen molar-refractivity contribution >= 4 is 44.1 Å². The van der Waals surface area contributed by atoms with E-state index in [4.69, 9.17) is 4.98 Å². The van der Waals surface area contributed by atoms with E-state index in [2.05, 4.69) is 58.3 Å². The molecule has 31 heavy (non-hydrogen) atoms. The van der Waals surface area contributed by atoms with E-state index in [1.165, 1.54) is 0 Å². The molecule has 9 heteroatoms. The molecule has 0 saturated carbocycles. The minimum absolute atomic E-state index is 0.737. The molecule has 0 aliphatic carbocycles. The molecule has 8 nitrogen and oxygen atoms in total. The van der Waals surface area contributed by atoms with Gasteiger partial charge in [-0.2, -0.15) is 9.61 Å². The fourth-order valence-corrected chi connectivity index (χ4v) is 4.91. The highest BCUT2D eigenvalue weighted by Gasteiger charge is 2.25. The third-order valence-corrected chi connectivity index (χ3v) is 6.51. The first-order chi connectivity index (χ1) is 15.2. The molecule has 0 saturated heterocycles. The highest BCUT2D eigenvalue weighted by atomic mass is 79.9. The average Bonchev–Trinajstić information content (AvgIpc) is 3.44. The van der Waals surface area contributed by atoms with E-state index in [0.717, 1.165) is 74.7 Å². The number of nitrogens with one attached hydrogen (secondary N) is 2. The lowest BCUT2D eigenvalue weighted by atomic mass is 10.1. The molecule has 5 heterocycles. The lowest BCUT2D eigenvalue weighted by Crippen LogP contribution is -2.31. The molecule has 6 rings (SSSR count). The topological polar surface area (TPSA) is 87.0 Å². The largest absolute Gasteiger partial charge is 0.372 e. The van der Waals surface area contributed by atoms with E-state index in [0.29, 0.717) is 0 Å². The van der Waals surface area contributed by atoms with Crippen molar-refractivity contribution < 1.29 is 0 Å². The van der Waals surface area contributed by atoms with E-state index in [9.17, 15) is 0 Å². The van der Waals surface area contributed by atoms with Gasteiger partial charge < -0.3 is 15.2 Å². The van der Waals surface area contributed by atoms with Gasteiger partial charge in [0.15, 0.2) is 5.65 Å². The molecule has 0 amide bonds. The van der Waals surface area contributed by atoms with Gasteiger partial charge in [-0.1, -0.05) is 18.2 Å². The van der Waals surface area contributed by atoms with Crippen LogP contribution in [-0.2, 0) is 13.0 Å². The van der Waals surface area contributed by atoms with Crippen molar-refractivity contribution in [3.05, 3.63) is 64.9 Å². The minimum Gasteiger partial charge on any atom is -0.372 e. The summed E-state index contributed by atoms with van der Waals surface area (Å²) in [5.74, 6) is 1.74. The molecule has 2 N–H and O–H groups in total. The predicted octanol–water partition coefficient (Wildman–Crippen LogP) is 4.03. The third-order valence-electron chi connectivity index (χ3n) is 5.78. The highest BCUT2D eigenvalue weighted by Crippen LogP contribution is 2.37. The fourth-order valence-electron chi connectivity index (χ4n) is 4.20. The molecular weight excluding hydrogens is 456 g/mol. The van der Waals surface area contributed by atoms with Crippen molar-refractivity contribution in [3.63, 3.8) is 0 Å². The van der Waals surface area contributed by atoms with Gasteiger partial charge in [-0.25, -0.2) is 9.97 Å². The quantitative estimate of drug-likeness (QED) is 0.410. The van der Waals surface area contributed by atoms with Crippen LogP contribution in [0.25, 0.3) is 27.7 Å². The van der Waals surface area contributed by atoms with Gasteiger partial charge in [0.25, 0.3) is 0 Å². The van der Waals surface area contributed by atoms with Gasteiger partial charge >= 0.3 is 0 Å². The number of pyridine rings is 1. The molecule has 1 aromatic carbocycles. The van der Waals surface area contributed by atoms with Gasteiger partial charge in [0.05, 0.1) is 36.0 Å². The molecule has 1 aliphatic rings. The number of hydrogen-bond donors (Lipinski definition) is 2. The summed E-state index contributed by atoms with van der Waals surface area (Å²) in [6.07, 6.45) is 6.39. The normalized spacial score (nSPS) is 13.7. The molecule has 154 valence electrons. The first kappa shape index (κ1) is 18.3. The lowest BCUT2D eigenvalue weighted by Gasteiger charge is -2.28. The van der Waals surface area contributed by atoms with Crippen LogP contribution in [0.1, 0.15) is 11.4 Å². The molecule has 4 aromatic heterocycles. The Bertz CT molecular complexity index is 1440. The van der Waals surface area contributed by atoms with Gasteiger partial charge in [-0.05, 0) is 28.1 Å². The van der Waals surface area contributed by atoms with Crippen molar-refractivity contribution in [2.75, 3.05) is 23.8 Å². The van der Waals surface area contributed by atoms with Crippen LogP contribution in [0, 0.1) is 0 Å². The summed E-state index contributed by atoms with van der Waals surface area (Å²) in [5, 5.41) is 8.99. The second-order valence-corrected chi connectivity index (χ2v) is 8.35. The minimum atomic E-state index is 0.737. The van der Waals surface area contributed by atoms with Gasteiger partial charge in [0.1, 0.15) is 16.1 Å². The number of hydrogen-bond acceptors (Lipinski definition) is 6. The summed E-state index contributed by atoms with van der Waals surface area (Å²) >= 11 is 3.76. The number of halogens is 1. The first-order valence-corrected chi connectivity index (χ1v) is 10.9. The number of anilines is 2. The van der Waals surface area contributed by atoms with E-state index in [1.54, 1.807) is 6.33 Å². The van der Waals surface area contributed by atoms with Crippen molar-refractivity contribution in [1.29, 1.82) is 0 Å². The van der Waals surface area contributed by atoms with Gasteiger partial charge in [0.2, 0.25) is 0 Å². The molecule has 5 aromatic rings. The van der Waals surface area contributed by atoms with Crippen LogP contribution in [0.5, 0.6) is 0 Å². The maximum Gasteiger partial charge on any atom is 0.167 e. The van der Waals surface area contributed by atoms with Gasteiger partial charge in [-0.3, -0.25) is 4.98 Å². The molecule has 0 bridgehead atoms. The number of benzene rings is 1. The molecule has 0 fully saturated rings. The number of para-hydroxylation sites is 1. The zero-order valence-corrected chi connectivity index (χ0v) is 18.4. The van der Waals surface area contributed by atoms with Crippen LogP contribution in [0.15, 0.2) is 53.5 Å². The monoisotopic (exact) mass is 474 g/mol. The first-order valence-electron chi connectivity index (χ1n) is 10.1. The van der Waals surface area contributed by atoms with Crippen LogP contribution in [0.3, 0.4) is 0 Å². The Morgan fingerprint density at radius 3 is 2.97 bits per heavy atom. The molecule has 0 spiro atoms. The Labute approximate surface area is 186 Å². The number of aromatic nitrogens is 6. The number of fused-ring (bicyclic) bond motifs is 3. The fraction of sp³-hybridized carbons (Fsp3) is 0.182. The smallest absolute Gasteiger partial charge is 0.167 e. The van der Waals surface area contributed by atoms with Gasteiger partial charge in [-0.15, -0.1) is 0 Å². The Hall–Kier alpha value is -3.46. The number of rotatable bonds is 3. The lowest BCUT2D eigenvalue weighted by molar-refractivity contribution is 0.699. The number of aromatic amines is 1. The molecule has 1 aliphatic heterocycles. The number of nitrogens with zero attached hydrogens (tertiary/aromatic N) is 6. The molecular formula is C22H19BrN8. The summed E-state index contributed by atoms with van der Waals surface area (Å²) in [6.45, 7) is 1.59. The van der Waals surface area contributed by atoms with Crippen molar-refractivity contribution in [1.82, 2.24) is 29.5 Å². The number of H-pyrrole nitrogens is 1. The van der Waals surface area contributed by atoms with E-state index in [1.807, 2.05) is 42.2 Å². The van der Waals surface area contributed by atoms with Crippen molar-refractivity contribution in [2.24, 2.45) is 0 Å². The summed E-state index contributed by atoms with van der Waals surface area (Å²) < 4.78 is 2.72. The summed E-state index contributed by atoms with van der Waals surface area (Å²) in [6, 6.07) is 10.2. The second kappa shape index (κ2) is 7.05. The van der Waals surface area contributed by atoms with Gasteiger partial charge in [0, 0.05) is 42.7 Å². The SMILES string of the molecule is CNc1c(Br)c(N2CCc3nc[nH]c3C2)nc2c(-c3cnc4ccccc4c3)cnn12. The van der Waals surface area contributed by atoms with E-state index < -0.39 is 0 Å². The summed E-state index contributed by atoms with van der Waals surface area (Å²) in [7, 11) is 1.89. The number of imidazole rings is 1. The zero-order valence-electron chi connectivity index (χ0n) is 16.8. The van der Waals surface area contributed by atoms with Crippen LogP contribution in [-0.4, -0.2) is 43.1 Å². The van der Waals surface area contributed by atoms with Crippen molar-refractivity contribution in [3.8, 4) is 11.1 Å². The Kier molecular flexibility index (Phi) is 4.17. The Balaban J connectivity index is 1.52. The average molecular weight is 475 g/mol. The molecule has 0 atom stereocenters. The van der Waals surface area contributed by atoms with E-state index >= 15 is 0 Å². The van der Waals surface area contributed by atoms with Crippen molar-refractivity contribution in [2.45, 2.75) is 13.0 Å². The maximum absolute atomic E-state index is 5.06. The van der Waals surface area contributed by atoms with Crippen LogP contribution < -0.4 is 10.2 Å². The summed E-state index contributed by atoms with van der Waals surface area (Å²) in [5.41, 5.74) is 5.97. The van der Waals surface area contributed by atoms with E-state index in [-0.39, 0.29) is 0 Å². The standard InChI is InChI=1S/C22H19BrN8/c1-24-21-19(23)22(30-7-6-17-18(11-30)27-12-26-17)29-20-15(10-28-31(20)21)14-8-13-4-2-3-5-16(13)25-9-14/h2-5,8-10,12,24H,6-7,11H2,1H3,(H,26,27). The highest BCUT2D eigenvalue weighted by molar-refractivity contribution is 9.10. The van der Waals surface area contributed by atoms with Crippen LogP contribution in [0.4, 0.5) is 11.6 Å². The van der Waals surface area contributed by atoms with Crippen LogP contribution >= 0.6 is 15.9 Å². The summed E-state index contributed by atoms with van der Waals surface area (Å²) in [4.78, 5) is 19.6. The Morgan fingerprint density at radius 1 is 1.16 bits per heavy atom. The molecule has 0 unspecified atom stereocenters. The molecule has 0 radical (unpaired) electrons. The van der Waals surface area contributed by atoms with Crippen LogP contribution in [0.2, 0.25) is 0 Å². The maximum atomic E-state index is 5.06.